The predicted octanol–water partition coefficient (Wildman–Crippen LogP) is 11.1. The summed E-state index contributed by atoms with van der Waals surface area (Å²) in [5, 5.41) is 13.3. The van der Waals surface area contributed by atoms with Crippen molar-refractivity contribution in [3.8, 4) is 0 Å². The molecule has 0 saturated heterocycles. The molecule has 0 aromatic rings. The van der Waals surface area contributed by atoms with Crippen LogP contribution in [-0.4, -0.2) is 41.9 Å². The van der Waals surface area contributed by atoms with Crippen LogP contribution in [0.4, 0.5) is 0 Å². The first-order valence-corrected chi connectivity index (χ1v) is 20.9. The lowest BCUT2D eigenvalue weighted by Crippen LogP contribution is -2.47. The molecule has 2 unspecified atom stereocenters. The predicted molar refractivity (Wildman–Crippen MR) is 202 cm³/mol. The Morgan fingerprint density at radius 2 is 1.02 bits per heavy atom. The number of amides is 1. The third kappa shape index (κ3) is 35.4. The standard InChI is InChI=1S/C40H73NO5S/c1-3-5-7-9-11-13-14-15-16-17-18-19-20-21-22-23-24-25-26-28-30-32-34-36-40(43)41-38(37-47(44,45)46)39(42)35-33-31-29-27-12-10-8-6-4-2/h5,7,11,13,15-16,18-19,38-39,42H,3-4,6,8-10,12,14,17,20-37H2,1-2H3,(H,41,43)(H,44,45,46)/b7-5-,13-11-,16-15-,19-18-. The number of hydrogen-bond acceptors (Lipinski definition) is 4. The highest BCUT2D eigenvalue weighted by Crippen LogP contribution is 2.15. The Bertz CT molecular complexity index is 925. The van der Waals surface area contributed by atoms with Gasteiger partial charge in [-0.25, -0.2) is 0 Å². The van der Waals surface area contributed by atoms with E-state index in [2.05, 4.69) is 67.8 Å². The molecule has 0 spiro atoms. The average Bonchev–Trinajstić information content (AvgIpc) is 3.03. The lowest BCUT2D eigenvalue weighted by Gasteiger charge is -2.23. The van der Waals surface area contributed by atoms with E-state index in [9.17, 15) is 22.9 Å². The maximum atomic E-state index is 12.5. The largest absolute Gasteiger partial charge is 0.391 e. The molecule has 7 heteroatoms. The Balaban J connectivity index is 3.81. The number of aliphatic hydroxyl groups is 1. The monoisotopic (exact) mass is 680 g/mol. The molecule has 3 N–H and O–H groups in total. The third-order valence-corrected chi connectivity index (χ3v) is 9.33. The first-order valence-electron chi connectivity index (χ1n) is 19.3. The maximum absolute atomic E-state index is 12.5. The van der Waals surface area contributed by atoms with Gasteiger partial charge in [0.15, 0.2) is 0 Å². The minimum absolute atomic E-state index is 0.255. The molecule has 0 bridgehead atoms. The average molecular weight is 680 g/mol. The number of nitrogens with one attached hydrogen (secondary N) is 1. The maximum Gasteiger partial charge on any atom is 0.266 e. The van der Waals surface area contributed by atoms with Crippen molar-refractivity contribution in [3.05, 3.63) is 48.6 Å². The second-order valence-corrected chi connectivity index (χ2v) is 14.7. The van der Waals surface area contributed by atoms with Gasteiger partial charge in [0.2, 0.25) is 5.91 Å². The molecule has 0 aliphatic carbocycles. The minimum atomic E-state index is -4.30. The fraction of sp³-hybridized carbons (Fsp3) is 0.775. The van der Waals surface area contributed by atoms with Gasteiger partial charge in [-0.05, 0) is 51.4 Å². The molecule has 0 radical (unpaired) electrons. The molecule has 0 aromatic heterocycles. The van der Waals surface area contributed by atoms with Crippen molar-refractivity contribution in [2.45, 2.75) is 193 Å². The summed E-state index contributed by atoms with van der Waals surface area (Å²) in [6.07, 6.45) is 45.0. The van der Waals surface area contributed by atoms with Crippen molar-refractivity contribution >= 4 is 16.0 Å². The summed E-state index contributed by atoms with van der Waals surface area (Å²) in [6, 6.07) is -0.972. The Labute approximate surface area is 290 Å². The van der Waals surface area contributed by atoms with E-state index in [4.69, 9.17) is 0 Å². The second kappa shape index (κ2) is 34.2. The van der Waals surface area contributed by atoms with Crippen LogP contribution in [0.5, 0.6) is 0 Å². The normalized spacial score (nSPS) is 13.9. The van der Waals surface area contributed by atoms with Gasteiger partial charge >= 0.3 is 0 Å². The molecule has 6 nitrogen and oxygen atoms in total. The van der Waals surface area contributed by atoms with Crippen LogP contribution in [0, 0.1) is 0 Å². The van der Waals surface area contributed by atoms with Gasteiger partial charge in [0.1, 0.15) is 0 Å². The van der Waals surface area contributed by atoms with Crippen LogP contribution < -0.4 is 5.32 Å². The molecule has 0 heterocycles. The van der Waals surface area contributed by atoms with Crippen molar-refractivity contribution in [2.24, 2.45) is 0 Å². The molecule has 0 aliphatic heterocycles. The Kier molecular flexibility index (Phi) is 32.9. The quantitative estimate of drug-likeness (QED) is 0.0357. The van der Waals surface area contributed by atoms with E-state index in [0.717, 1.165) is 64.2 Å². The van der Waals surface area contributed by atoms with Crippen LogP contribution >= 0.6 is 0 Å². The molecular formula is C40H73NO5S. The molecular weight excluding hydrogens is 607 g/mol. The van der Waals surface area contributed by atoms with Crippen LogP contribution in [0.3, 0.4) is 0 Å². The van der Waals surface area contributed by atoms with E-state index < -0.39 is 28.0 Å². The summed E-state index contributed by atoms with van der Waals surface area (Å²) in [5.74, 6) is -0.906. The SMILES string of the molecule is CC/C=C\C/C=C\C/C=C\C/C=C\CCCCCCCCCCCCC(=O)NC(CS(=O)(=O)O)C(O)CCCCCCCCCCC. The zero-order chi connectivity index (χ0) is 34.7. The molecule has 0 aromatic carbocycles. The number of carbonyl (C=O) groups is 1. The van der Waals surface area contributed by atoms with Crippen LogP contribution in [0.25, 0.3) is 0 Å². The van der Waals surface area contributed by atoms with Gasteiger partial charge in [0, 0.05) is 6.42 Å². The number of carbonyl (C=O) groups excluding carboxylic acids is 1. The molecule has 2 atom stereocenters. The number of hydrogen-bond donors (Lipinski definition) is 3. The number of aliphatic hydroxyl groups excluding tert-OH is 1. The Morgan fingerprint density at radius 3 is 1.51 bits per heavy atom. The van der Waals surface area contributed by atoms with Crippen LogP contribution in [-0.2, 0) is 14.9 Å². The van der Waals surface area contributed by atoms with Gasteiger partial charge in [-0.2, -0.15) is 8.42 Å². The van der Waals surface area contributed by atoms with Crippen molar-refractivity contribution in [2.75, 3.05) is 5.75 Å². The van der Waals surface area contributed by atoms with E-state index in [1.807, 2.05) is 0 Å². The lowest BCUT2D eigenvalue weighted by molar-refractivity contribution is -0.122. The summed E-state index contributed by atoms with van der Waals surface area (Å²) < 4.78 is 32.4. The molecule has 47 heavy (non-hydrogen) atoms. The van der Waals surface area contributed by atoms with E-state index >= 15 is 0 Å². The van der Waals surface area contributed by atoms with E-state index in [1.165, 1.54) is 89.9 Å². The van der Waals surface area contributed by atoms with E-state index in [0.29, 0.717) is 12.8 Å². The summed E-state index contributed by atoms with van der Waals surface area (Å²) in [7, 11) is -4.30. The highest BCUT2D eigenvalue weighted by atomic mass is 32.2. The smallest absolute Gasteiger partial charge is 0.266 e. The minimum Gasteiger partial charge on any atom is -0.391 e. The number of allylic oxidation sites excluding steroid dienone is 8. The fourth-order valence-corrected chi connectivity index (χ4v) is 6.44. The van der Waals surface area contributed by atoms with Crippen molar-refractivity contribution in [1.29, 1.82) is 0 Å². The van der Waals surface area contributed by atoms with Gasteiger partial charge in [0.05, 0.1) is 17.9 Å². The molecule has 0 aliphatic rings. The lowest BCUT2D eigenvalue weighted by atomic mass is 10.0. The van der Waals surface area contributed by atoms with Crippen LogP contribution in [0.1, 0.15) is 181 Å². The second-order valence-electron chi connectivity index (χ2n) is 13.2. The summed E-state index contributed by atoms with van der Waals surface area (Å²) in [5.41, 5.74) is 0. The molecule has 0 saturated carbocycles. The third-order valence-electron chi connectivity index (χ3n) is 8.55. The first-order chi connectivity index (χ1) is 22.8. The highest BCUT2D eigenvalue weighted by molar-refractivity contribution is 7.85. The van der Waals surface area contributed by atoms with E-state index in [-0.39, 0.29) is 5.91 Å². The van der Waals surface area contributed by atoms with Gasteiger partial charge in [0.25, 0.3) is 10.1 Å². The zero-order valence-electron chi connectivity index (χ0n) is 30.4. The summed E-state index contributed by atoms with van der Waals surface area (Å²) in [6.45, 7) is 4.37. The van der Waals surface area contributed by atoms with E-state index in [1.54, 1.807) is 0 Å². The highest BCUT2D eigenvalue weighted by Gasteiger charge is 2.26. The Morgan fingerprint density at radius 1 is 0.596 bits per heavy atom. The van der Waals surface area contributed by atoms with Gasteiger partial charge in [-0.1, -0.05) is 172 Å². The fourth-order valence-electron chi connectivity index (χ4n) is 5.68. The summed E-state index contributed by atoms with van der Waals surface area (Å²) >= 11 is 0. The van der Waals surface area contributed by atoms with Gasteiger partial charge in [-0.15, -0.1) is 0 Å². The zero-order valence-corrected chi connectivity index (χ0v) is 31.2. The molecule has 274 valence electrons. The first kappa shape index (κ1) is 45.3. The molecule has 1 amide bonds. The van der Waals surface area contributed by atoms with Crippen LogP contribution in [0.15, 0.2) is 48.6 Å². The van der Waals surface area contributed by atoms with Crippen LogP contribution in [0.2, 0.25) is 0 Å². The molecule has 0 fully saturated rings. The molecule has 0 rings (SSSR count). The Hall–Kier alpha value is -1.70. The number of unbranched alkanes of at least 4 members (excludes halogenated alkanes) is 18. The summed E-state index contributed by atoms with van der Waals surface area (Å²) in [4.78, 5) is 12.5. The van der Waals surface area contributed by atoms with Crippen molar-refractivity contribution in [3.63, 3.8) is 0 Å². The van der Waals surface area contributed by atoms with Crippen molar-refractivity contribution in [1.82, 2.24) is 5.32 Å². The topological polar surface area (TPSA) is 104 Å². The number of rotatable bonds is 34. The van der Waals surface area contributed by atoms with Gasteiger partial charge < -0.3 is 10.4 Å². The van der Waals surface area contributed by atoms with Crippen molar-refractivity contribution < 1.29 is 22.9 Å². The van der Waals surface area contributed by atoms with Gasteiger partial charge in [-0.3, -0.25) is 9.35 Å².